The normalized spacial score (nSPS) is 5.80. The van der Waals surface area contributed by atoms with Gasteiger partial charge in [0.15, 0.2) is 0 Å². The zero-order valence-corrected chi connectivity index (χ0v) is 3.57. The molecule has 0 aromatic heterocycles. The van der Waals surface area contributed by atoms with Crippen LogP contribution in [0.25, 0.3) is 10.4 Å². The number of rotatable bonds is 1. The van der Waals surface area contributed by atoms with Crippen molar-refractivity contribution in [1.82, 2.24) is 0 Å². The molecule has 5 heavy (non-hydrogen) atoms. The number of nitrogens with zero attached hydrogens (tertiary/aromatic N) is 3. The molecule has 0 rings (SSSR count). The zero-order valence-electron chi connectivity index (χ0n) is 2.75. The van der Waals surface area contributed by atoms with Gasteiger partial charge in [-0.15, -0.1) is 0 Å². The fourth-order valence-corrected chi connectivity index (χ4v) is 0.110. The first-order chi connectivity index (χ1) is 2.41. The molecule has 0 saturated heterocycles. The van der Waals surface area contributed by atoms with Crippen molar-refractivity contribution in [3.05, 3.63) is 10.4 Å². The van der Waals surface area contributed by atoms with Gasteiger partial charge in [-0.05, 0) is 16.3 Å². The average molecular weight is 89.1 g/mol. The van der Waals surface area contributed by atoms with Crippen LogP contribution in [-0.4, -0.2) is 6.26 Å². The summed E-state index contributed by atoms with van der Waals surface area (Å²) in [6.45, 7) is 0. The first-order valence-electron chi connectivity index (χ1n) is 0.991. The van der Waals surface area contributed by atoms with Crippen LogP contribution < -0.4 is 0 Å². The first-order valence-corrected chi connectivity index (χ1v) is 2.17. The molecule has 0 aliphatic rings. The summed E-state index contributed by atoms with van der Waals surface area (Å²) in [6, 6.07) is 0. The summed E-state index contributed by atoms with van der Waals surface area (Å²) >= 11 is 1.11. The predicted molar refractivity (Wildman–Crippen MR) is 22.7 cm³/mol. The second-order valence-corrected chi connectivity index (χ2v) is 0.882. The summed E-state index contributed by atoms with van der Waals surface area (Å²) in [6.07, 6.45) is 1.71. The third kappa shape index (κ3) is 3.66. The van der Waals surface area contributed by atoms with Crippen LogP contribution in [0.5, 0.6) is 0 Å². The molecule has 0 N–H and O–H groups in total. The van der Waals surface area contributed by atoms with Gasteiger partial charge >= 0.3 is 0 Å². The van der Waals surface area contributed by atoms with Crippen LogP contribution in [0.4, 0.5) is 0 Å². The second-order valence-electron chi connectivity index (χ2n) is 0.354. The molecule has 0 aliphatic heterocycles. The van der Waals surface area contributed by atoms with Gasteiger partial charge < -0.3 is 0 Å². The van der Waals surface area contributed by atoms with Crippen LogP contribution in [0.15, 0.2) is 4.52 Å². The molecule has 0 amide bonds. The summed E-state index contributed by atoms with van der Waals surface area (Å²) in [4.78, 5) is 2.44. The molecule has 0 heterocycles. The Morgan fingerprint density at radius 1 is 2.00 bits per heavy atom. The molecule has 4 heteroatoms. The Balaban J connectivity index is 2.93. The quantitative estimate of drug-likeness (QED) is 0.208. The predicted octanol–water partition coefficient (Wildman–Crippen LogP) is 1.57. The van der Waals surface area contributed by atoms with Crippen molar-refractivity contribution < 1.29 is 0 Å². The van der Waals surface area contributed by atoms with Crippen molar-refractivity contribution in [3.8, 4) is 0 Å². The van der Waals surface area contributed by atoms with E-state index in [2.05, 4.69) is 9.43 Å². The average Bonchev–Trinajstić information content (AvgIpc) is 1.41. The molecular formula is CH3N3S. The molecule has 0 aliphatic carbocycles. The Labute approximate surface area is 34.1 Å². The van der Waals surface area contributed by atoms with E-state index >= 15 is 0 Å². The highest BCUT2D eigenvalue weighted by Crippen LogP contribution is 1.89. The fourth-order valence-electron chi connectivity index (χ4n) is 0.0365. The monoisotopic (exact) mass is 89.0 g/mol. The molecule has 0 bridgehead atoms. The van der Waals surface area contributed by atoms with E-state index in [0.29, 0.717) is 0 Å². The SMILES string of the molecule is CSN=[N+]=[N-]. The Morgan fingerprint density at radius 2 is 2.60 bits per heavy atom. The van der Waals surface area contributed by atoms with Gasteiger partial charge in [-0.25, -0.2) is 0 Å². The third-order valence-electron chi connectivity index (χ3n) is 0.118. The van der Waals surface area contributed by atoms with E-state index in [1.165, 1.54) is 0 Å². The highest BCUT2D eigenvalue weighted by molar-refractivity contribution is 7.97. The van der Waals surface area contributed by atoms with Gasteiger partial charge in [-0.2, -0.15) is 0 Å². The number of hydrogen-bond acceptors (Lipinski definition) is 2. The molecular weight excluding hydrogens is 86.1 g/mol. The van der Waals surface area contributed by atoms with Gasteiger partial charge in [0.1, 0.15) is 0 Å². The Hall–Kier alpha value is -0.340. The van der Waals surface area contributed by atoms with Crippen LogP contribution in [-0.2, 0) is 0 Å². The van der Waals surface area contributed by atoms with Crippen LogP contribution in [0.2, 0.25) is 0 Å². The third-order valence-corrected chi connectivity index (χ3v) is 0.354. The van der Waals surface area contributed by atoms with Crippen LogP contribution >= 0.6 is 11.9 Å². The maximum absolute atomic E-state index is 7.50. The number of hydrogen-bond donors (Lipinski definition) is 0. The standard InChI is InChI=1S/CH3N3S/c1-5-4-3-2/h1H3. The van der Waals surface area contributed by atoms with Gasteiger partial charge in [0.05, 0.1) is 0 Å². The summed E-state index contributed by atoms with van der Waals surface area (Å²) in [7, 11) is 0. The van der Waals surface area contributed by atoms with Crippen molar-refractivity contribution in [2.75, 3.05) is 6.26 Å². The molecule has 0 fully saturated rings. The minimum absolute atomic E-state index is 1.11. The molecule has 0 radical (unpaired) electrons. The maximum atomic E-state index is 7.50. The molecule has 0 unspecified atom stereocenters. The van der Waals surface area contributed by atoms with Crippen molar-refractivity contribution >= 4 is 11.9 Å². The Kier molecular flexibility index (Phi) is 3.41. The smallest absolute Gasteiger partial charge is 0.0108 e. The van der Waals surface area contributed by atoms with Crippen LogP contribution in [0.3, 0.4) is 0 Å². The van der Waals surface area contributed by atoms with Crippen LogP contribution in [0.1, 0.15) is 0 Å². The largest absolute Gasteiger partial charge is 0.0701 e. The number of azide groups is 1. The van der Waals surface area contributed by atoms with E-state index in [4.69, 9.17) is 5.53 Å². The molecule has 3 nitrogen and oxygen atoms in total. The lowest BCUT2D eigenvalue weighted by Gasteiger charge is -1.58. The Bertz CT molecular complexity index is 53.9. The Morgan fingerprint density at radius 3 is 2.60 bits per heavy atom. The fraction of sp³-hybridized carbons (Fsp3) is 1.00. The van der Waals surface area contributed by atoms with E-state index < -0.39 is 0 Å². The van der Waals surface area contributed by atoms with Gasteiger partial charge in [-0.1, -0.05) is 11.9 Å². The van der Waals surface area contributed by atoms with Gasteiger partial charge in [0.25, 0.3) is 0 Å². The lowest BCUT2D eigenvalue weighted by Crippen LogP contribution is -1.26. The van der Waals surface area contributed by atoms with Crippen molar-refractivity contribution in [3.63, 3.8) is 0 Å². The molecule has 28 valence electrons. The second kappa shape index (κ2) is 3.66. The van der Waals surface area contributed by atoms with Crippen molar-refractivity contribution in [2.24, 2.45) is 4.52 Å². The highest BCUT2D eigenvalue weighted by atomic mass is 32.2. The van der Waals surface area contributed by atoms with Crippen molar-refractivity contribution in [2.45, 2.75) is 0 Å². The zero-order chi connectivity index (χ0) is 4.12. The highest BCUT2D eigenvalue weighted by Gasteiger charge is 1.50. The molecule has 0 spiro atoms. The van der Waals surface area contributed by atoms with E-state index in [1.54, 1.807) is 6.26 Å². The lowest BCUT2D eigenvalue weighted by molar-refractivity contribution is 1.81. The summed E-state index contributed by atoms with van der Waals surface area (Å²) in [5.41, 5.74) is 7.50. The molecule has 0 atom stereocenters. The molecule has 0 saturated carbocycles. The van der Waals surface area contributed by atoms with Gasteiger partial charge in [0.2, 0.25) is 0 Å². The lowest BCUT2D eigenvalue weighted by atomic mass is 12.0. The van der Waals surface area contributed by atoms with Gasteiger partial charge in [0, 0.05) is 4.91 Å². The topological polar surface area (TPSA) is 48.8 Å². The van der Waals surface area contributed by atoms with Gasteiger partial charge in [-0.3, -0.25) is 0 Å². The first kappa shape index (κ1) is 4.66. The summed E-state index contributed by atoms with van der Waals surface area (Å²) in [5, 5.41) is 0. The van der Waals surface area contributed by atoms with E-state index in [9.17, 15) is 0 Å². The summed E-state index contributed by atoms with van der Waals surface area (Å²) in [5.74, 6) is 0. The molecule has 0 aromatic rings. The maximum Gasteiger partial charge on any atom is 0.0108 e. The molecule has 0 aromatic carbocycles. The van der Waals surface area contributed by atoms with E-state index in [-0.39, 0.29) is 0 Å². The summed E-state index contributed by atoms with van der Waals surface area (Å²) < 4.78 is 3.07. The minimum atomic E-state index is 1.11. The minimum Gasteiger partial charge on any atom is -0.0701 e. The van der Waals surface area contributed by atoms with Crippen LogP contribution in [0, 0.1) is 0 Å². The van der Waals surface area contributed by atoms with E-state index in [1.807, 2.05) is 0 Å². The van der Waals surface area contributed by atoms with E-state index in [0.717, 1.165) is 11.9 Å². The van der Waals surface area contributed by atoms with Crippen molar-refractivity contribution in [1.29, 1.82) is 0 Å².